The highest BCUT2D eigenvalue weighted by Crippen LogP contribution is 2.37. The number of hydrogen-bond acceptors (Lipinski definition) is 3. The van der Waals surface area contributed by atoms with Crippen molar-refractivity contribution >= 4 is 40.4 Å². The van der Waals surface area contributed by atoms with Crippen LogP contribution in [0.1, 0.15) is 29.7 Å². The Labute approximate surface area is 193 Å². The summed E-state index contributed by atoms with van der Waals surface area (Å²) in [5.41, 5.74) is 3.72. The Morgan fingerprint density at radius 1 is 1.15 bits per heavy atom. The Bertz CT molecular complexity index is 1290. The topological polar surface area (TPSA) is 82.8 Å². The van der Waals surface area contributed by atoms with E-state index < -0.39 is 18.0 Å². The lowest BCUT2D eigenvalue weighted by molar-refractivity contribution is -0.137. The molecule has 1 fully saturated rings. The Balaban J connectivity index is 1.51. The van der Waals surface area contributed by atoms with Gasteiger partial charge >= 0.3 is 12.0 Å². The van der Waals surface area contributed by atoms with E-state index >= 15 is 0 Å². The first kappa shape index (κ1) is 21.5. The van der Waals surface area contributed by atoms with Crippen LogP contribution in [-0.4, -0.2) is 50.0 Å². The van der Waals surface area contributed by atoms with Gasteiger partial charge in [-0.25, -0.2) is 9.18 Å². The fraction of sp³-hybridized carbons (Fsp3) is 0.292. The van der Waals surface area contributed by atoms with Gasteiger partial charge in [-0.05, 0) is 41.8 Å². The summed E-state index contributed by atoms with van der Waals surface area (Å²) in [6.45, 7) is 0.816. The average molecular weight is 470 g/mol. The van der Waals surface area contributed by atoms with Crippen LogP contribution in [0.3, 0.4) is 0 Å². The fourth-order valence-electron chi connectivity index (χ4n) is 4.83. The maximum atomic E-state index is 13.4. The first-order chi connectivity index (χ1) is 15.8. The molecule has 0 bridgehead atoms. The molecule has 0 saturated carbocycles. The maximum absolute atomic E-state index is 13.4. The van der Waals surface area contributed by atoms with Crippen molar-refractivity contribution in [2.45, 2.75) is 38.4 Å². The molecular formula is C24H21ClFN3O4. The number of urea groups is 1. The molecule has 1 atom stereocenters. The number of imide groups is 1. The number of carbonyl (C=O) groups excluding carboxylic acids is 2. The van der Waals surface area contributed by atoms with E-state index in [1.165, 1.54) is 17.0 Å². The lowest BCUT2D eigenvalue weighted by atomic mass is 9.97. The molecule has 1 saturated heterocycles. The Kier molecular flexibility index (Phi) is 5.32. The third-order valence-corrected chi connectivity index (χ3v) is 6.63. The van der Waals surface area contributed by atoms with Gasteiger partial charge in [-0.15, -0.1) is 0 Å². The van der Waals surface area contributed by atoms with Crippen LogP contribution in [0, 0.1) is 5.82 Å². The second kappa shape index (κ2) is 8.19. The summed E-state index contributed by atoms with van der Waals surface area (Å²) in [7, 11) is 0. The van der Waals surface area contributed by atoms with Gasteiger partial charge in [-0.1, -0.05) is 29.8 Å². The minimum Gasteiger partial charge on any atom is -0.481 e. The average Bonchev–Trinajstić information content (AvgIpc) is 3.20. The summed E-state index contributed by atoms with van der Waals surface area (Å²) in [5.74, 6) is -1.56. The number of aliphatic carboxylic acids is 1. The summed E-state index contributed by atoms with van der Waals surface area (Å²) >= 11 is 6.28. The van der Waals surface area contributed by atoms with E-state index in [2.05, 4.69) is 4.57 Å². The minimum atomic E-state index is -0.959. The molecule has 33 heavy (non-hydrogen) atoms. The summed E-state index contributed by atoms with van der Waals surface area (Å²) in [6, 6.07) is 10.9. The van der Waals surface area contributed by atoms with E-state index in [1.54, 1.807) is 23.1 Å². The first-order valence-corrected chi connectivity index (χ1v) is 11.1. The number of nitrogens with zero attached hydrogens (tertiary/aromatic N) is 3. The van der Waals surface area contributed by atoms with Crippen molar-refractivity contribution in [1.29, 1.82) is 0 Å². The predicted molar refractivity (Wildman–Crippen MR) is 119 cm³/mol. The molecular weight excluding hydrogens is 449 g/mol. The zero-order chi connectivity index (χ0) is 23.3. The highest BCUT2D eigenvalue weighted by Gasteiger charge is 2.48. The molecule has 3 heterocycles. The Morgan fingerprint density at radius 2 is 1.91 bits per heavy atom. The van der Waals surface area contributed by atoms with Gasteiger partial charge in [-0.3, -0.25) is 14.5 Å². The second-order valence-electron chi connectivity index (χ2n) is 8.42. The van der Waals surface area contributed by atoms with E-state index in [9.17, 15) is 18.8 Å². The van der Waals surface area contributed by atoms with Crippen LogP contribution in [0.25, 0.3) is 10.9 Å². The zero-order valence-corrected chi connectivity index (χ0v) is 18.4. The SMILES string of the molecule is O=C(O)CCCN1C(=O)[C@@H]2Cc3c(n(Cc4ccc(F)cc4)c4cc(Cl)ccc34)CN2C1=O. The summed E-state index contributed by atoms with van der Waals surface area (Å²) < 4.78 is 15.5. The largest absolute Gasteiger partial charge is 0.481 e. The van der Waals surface area contributed by atoms with Crippen LogP contribution in [0.4, 0.5) is 9.18 Å². The van der Waals surface area contributed by atoms with Crippen LogP contribution >= 0.6 is 11.6 Å². The molecule has 9 heteroatoms. The zero-order valence-electron chi connectivity index (χ0n) is 17.6. The number of carboxylic acid groups (broad SMARTS) is 1. The Morgan fingerprint density at radius 3 is 2.64 bits per heavy atom. The normalized spacial score (nSPS) is 17.6. The second-order valence-corrected chi connectivity index (χ2v) is 8.85. The maximum Gasteiger partial charge on any atom is 0.327 e. The highest BCUT2D eigenvalue weighted by molar-refractivity contribution is 6.31. The van der Waals surface area contributed by atoms with Gasteiger partial charge in [0.05, 0.1) is 12.1 Å². The molecule has 3 aromatic rings. The van der Waals surface area contributed by atoms with Gasteiger partial charge in [0.1, 0.15) is 11.9 Å². The predicted octanol–water partition coefficient (Wildman–Crippen LogP) is 4.04. The molecule has 2 aromatic carbocycles. The molecule has 170 valence electrons. The lowest BCUT2D eigenvalue weighted by Crippen LogP contribution is -2.40. The lowest BCUT2D eigenvalue weighted by Gasteiger charge is -2.28. The molecule has 0 spiro atoms. The van der Waals surface area contributed by atoms with E-state index in [0.717, 1.165) is 27.7 Å². The van der Waals surface area contributed by atoms with E-state index in [4.69, 9.17) is 16.7 Å². The number of amides is 3. The number of carboxylic acids is 1. The summed E-state index contributed by atoms with van der Waals surface area (Å²) in [5, 5.41) is 10.4. The van der Waals surface area contributed by atoms with Crippen LogP contribution in [0.5, 0.6) is 0 Å². The number of benzene rings is 2. The number of carbonyl (C=O) groups is 3. The van der Waals surface area contributed by atoms with Crippen LogP contribution < -0.4 is 0 Å². The molecule has 3 amide bonds. The molecule has 0 aliphatic carbocycles. The van der Waals surface area contributed by atoms with Crippen molar-refractivity contribution in [2.24, 2.45) is 0 Å². The van der Waals surface area contributed by atoms with Gasteiger partial charge in [-0.2, -0.15) is 0 Å². The van der Waals surface area contributed by atoms with Gasteiger partial charge < -0.3 is 14.6 Å². The standard InChI is InChI=1S/C24H21ClFN3O4/c25-15-5-8-17-18-11-20-23(32)27(9-1-2-22(30)31)24(33)29(20)13-21(18)28(19(17)10-15)12-14-3-6-16(26)7-4-14/h3-8,10,20H,1-2,9,11-13H2,(H,30,31)/t20-/m0/s1. The van der Waals surface area contributed by atoms with Gasteiger partial charge in [0.25, 0.3) is 5.91 Å². The highest BCUT2D eigenvalue weighted by atomic mass is 35.5. The monoisotopic (exact) mass is 469 g/mol. The fourth-order valence-corrected chi connectivity index (χ4v) is 5.00. The minimum absolute atomic E-state index is 0.0904. The first-order valence-electron chi connectivity index (χ1n) is 10.7. The molecule has 7 nitrogen and oxygen atoms in total. The van der Waals surface area contributed by atoms with Gasteiger partial charge in [0.2, 0.25) is 0 Å². The van der Waals surface area contributed by atoms with Crippen LogP contribution in [0.2, 0.25) is 5.02 Å². The number of hydrogen-bond donors (Lipinski definition) is 1. The van der Waals surface area contributed by atoms with Gasteiger partial charge in [0.15, 0.2) is 0 Å². The van der Waals surface area contributed by atoms with Crippen molar-refractivity contribution in [1.82, 2.24) is 14.4 Å². The summed E-state index contributed by atoms with van der Waals surface area (Å²) in [6.07, 6.45) is 0.498. The molecule has 5 rings (SSSR count). The van der Waals surface area contributed by atoms with Crippen LogP contribution in [-0.2, 0) is 29.1 Å². The van der Waals surface area contributed by atoms with Crippen molar-refractivity contribution in [3.05, 3.63) is 70.1 Å². The molecule has 0 unspecified atom stereocenters. The van der Waals surface area contributed by atoms with E-state index in [1.807, 2.05) is 12.1 Å². The molecule has 2 aliphatic heterocycles. The number of aromatic nitrogens is 1. The smallest absolute Gasteiger partial charge is 0.327 e. The number of fused-ring (bicyclic) bond motifs is 4. The third-order valence-electron chi connectivity index (χ3n) is 6.40. The molecule has 0 radical (unpaired) electrons. The number of rotatable bonds is 6. The number of halogens is 2. The Hall–Kier alpha value is -3.39. The quantitative estimate of drug-likeness (QED) is 0.552. The molecule has 2 aliphatic rings. The van der Waals surface area contributed by atoms with Gasteiger partial charge in [0, 0.05) is 42.0 Å². The van der Waals surface area contributed by atoms with Crippen molar-refractivity contribution in [3.8, 4) is 0 Å². The van der Waals surface area contributed by atoms with Crippen molar-refractivity contribution in [3.63, 3.8) is 0 Å². The summed E-state index contributed by atoms with van der Waals surface area (Å²) in [4.78, 5) is 39.6. The molecule has 1 N–H and O–H groups in total. The van der Waals surface area contributed by atoms with E-state index in [0.29, 0.717) is 18.0 Å². The van der Waals surface area contributed by atoms with Crippen LogP contribution in [0.15, 0.2) is 42.5 Å². The van der Waals surface area contributed by atoms with Crippen molar-refractivity contribution < 1.29 is 23.9 Å². The van der Waals surface area contributed by atoms with Crippen molar-refractivity contribution in [2.75, 3.05) is 6.54 Å². The molecule has 1 aromatic heterocycles. The third kappa shape index (κ3) is 3.74. The van der Waals surface area contributed by atoms with E-state index in [-0.39, 0.29) is 37.7 Å².